The Morgan fingerprint density at radius 1 is 1.00 bits per heavy atom. The second kappa shape index (κ2) is 4.34. The second-order valence-electron chi connectivity index (χ2n) is 3.54. The summed E-state index contributed by atoms with van der Waals surface area (Å²) in [5.74, 6) is -1.86. The van der Waals surface area contributed by atoms with E-state index in [1.165, 1.54) is 26.4 Å². The molecule has 0 fully saturated rings. The molecule has 0 aromatic heterocycles. The SMILES string of the molecule is COc1ccc(OC)c2c1C(=O)C(=O)C(Cl)=C2O. The number of ether oxygens (including phenoxy) is 2. The summed E-state index contributed by atoms with van der Waals surface area (Å²) in [5.41, 5.74) is 0.0372. The molecule has 2 rings (SSSR count). The molecule has 0 radical (unpaired) electrons. The van der Waals surface area contributed by atoms with E-state index in [1.54, 1.807) is 0 Å². The summed E-state index contributed by atoms with van der Waals surface area (Å²) in [6.07, 6.45) is 0. The Kier molecular flexibility index (Phi) is 3.00. The lowest BCUT2D eigenvalue weighted by Crippen LogP contribution is -2.23. The summed E-state index contributed by atoms with van der Waals surface area (Å²) < 4.78 is 10.1. The van der Waals surface area contributed by atoms with Gasteiger partial charge in [0.05, 0.1) is 25.3 Å². The lowest BCUT2D eigenvalue weighted by atomic mass is 9.92. The summed E-state index contributed by atoms with van der Waals surface area (Å²) in [4.78, 5) is 23.5. The Labute approximate surface area is 108 Å². The fourth-order valence-electron chi connectivity index (χ4n) is 1.80. The average Bonchev–Trinajstić information content (AvgIpc) is 2.40. The van der Waals surface area contributed by atoms with Gasteiger partial charge in [-0.2, -0.15) is 0 Å². The van der Waals surface area contributed by atoms with Gasteiger partial charge in [0.25, 0.3) is 0 Å². The molecule has 0 unspecified atom stereocenters. The highest BCUT2D eigenvalue weighted by Crippen LogP contribution is 2.40. The Balaban J connectivity index is 2.87. The number of methoxy groups -OCH3 is 2. The maximum Gasteiger partial charge on any atom is 0.248 e. The van der Waals surface area contributed by atoms with Crippen LogP contribution in [0.1, 0.15) is 15.9 Å². The quantitative estimate of drug-likeness (QED) is 0.830. The molecule has 0 heterocycles. The Bertz CT molecular complexity index is 588. The zero-order valence-corrected chi connectivity index (χ0v) is 10.4. The first-order valence-corrected chi connectivity index (χ1v) is 5.33. The number of benzene rings is 1. The lowest BCUT2D eigenvalue weighted by Gasteiger charge is -2.19. The van der Waals surface area contributed by atoms with E-state index in [0.29, 0.717) is 0 Å². The standard InChI is InChI=1S/C12H9ClO5/c1-17-5-3-4-6(18-2)8-7(5)10(14)9(13)12(16)11(8)15/h3-4,14H,1-2H3. The van der Waals surface area contributed by atoms with E-state index in [-0.39, 0.29) is 22.6 Å². The number of halogens is 1. The van der Waals surface area contributed by atoms with Crippen molar-refractivity contribution in [1.82, 2.24) is 0 Å². The van der Waals surface area contributed by atoms with Crippen LogP contribution in [0.4, 0.5) is 0 Å². The van der Waals surface area contributed by atoms with Crippen LogP contribution in [0, 0.1) is 0 Å². The normalized spacial score (nSPS) is 14.6. The highest BCUT2D eigenvalue weighted by Gasteiger charge is 2.36. The molecule has 0 aliphatic heterocycles. The van der Waals surface area contributed by atoms with Crippen LogP contribution in [-0.4, -0.2) is 30.9 Å². The third-order valence-electron chi connectivity index (χ3n) is 2.65. The van der Waals surface area contributed by atoms with E-state index in [2.05, 4.69) is 0 Å². The van der Waals surface area contributed by atoms with E-state index < -0.39 is 22.4 Å². The third-order valence-corrected chi connectivity index (χ3v) is 3.00. The number of carbonyl (C=O) groups is 2. The molecule has 0 bridgehead atoms. The molecular weight excluding hydrogens is 260 g/mol. The molecule has 94 valence electrons. The van der Waals surface area contributed by atoms with E-state index >= 15 is 0 Å². The van der Waals surface area contributed by atoms with Gasteiger partial charge in [-0.3, -0.25) is 9.59 Å². The van der Waals surface area contributed by atoms with Crippen molar-refractivity contribution in [3.8, 4) is 11.5 Å². The zero-order valence-electron chi connectivity index (χ0n) is 9.61. The van der Waals surface area contributed by atoms with Gasteiger partial charge < -0.3 is 14.6 Å². The van der Waals surface area contributed by atoms with E-state index in [4.69, 9.17) is 21.1 Å². The number of aliphatic hydroxyl groups is 1. The van der Waals surface area contributed by atoms with Gasteiger partial charge in [0.1, 0.15) is 22.3 Å². The smallest absolute Gasteiger partial charge is 0.248 e. The molecule has 0 saturated heterocycles. The number of carbonyl (C=O) groups excluding carboxylic acids is 2. The van der Waals surface area contributed by atoms with Crippen molar-refractivity contribution >= 4 is 28.9 Å². The van der Waals surface area contributed by atoms with E-state index in [9.17, 15) is 14.7 Å². The first-order valence-electron chi connectivity index (χ1n) is 4.96. The maximum absolute atomic E-state index is 11.9. The molecule has 1 aromatic rings. The monoisotopic (exact) mass is 268 g/mol. The zero-order chi connectivity index (χ0) is 13.4. The van der Waals surface area contributed by atoms with Crippen LogP contribution in [-0.2, 0) is 4.79 Å². The molecule has 1 aromatic carbocycles. The topological polar surface area (TPSA) is 72.8 Å². The summed E-state index contributed by atoms with van der Waals surface area (Å²) in [7, 11) is 2.74. The Morgan fingerprint density at radius 2 is 1.50 bits per heavy atom. The molecule has 1 aliphatic rings. The van der Waals surface area contributed by atoms with Crippen LogP contribution in [0.15, 0.2) is 17.2 Å². The molecular formula is C12H9ClO5. The fraction of sp³-hybridized carbons (Fsp3) is 0.167. The average molecular weight is 269 g/mol. The molecule has 18 heavy (non-hydrogen) atoms. The van der Waals surface area contributed by atoms with Gasteiger partial charge in [0, 0.05) is 0 Å². The number of Topliss-reactive ketones (excluding diaryl/α,β-unsaturated/α-hetero) is 2. The van der Waals surface area contributed by atoms with Crippen molar-refractivity contribution in [1.29, 1.82) is 0 Å². The Hall–Kier alpha value is -2.01. The van der Waals surface area contributed by atoms with E-state index in [1.807, 2.05) is 0 Å². The van der Waals surface area contributed by atoms with Crippen LogP contribution in [0.5, 0.6) is 11.5 Å². The molecule has 1 aliphatic carbocycles. The molecule has 0 spiro atoms. The van der Waals surface area contributed by atoms with Gasteiger partial charge in [-0.05, 0) is 12.1 Å². The number of fused-ring (bicyclic) bond motifs is 1. The van der Waals surface area contributed by atoms with Crippen LogP contribution < -0.4 is 9.47 Å². The van der Waals surface area contributed by atoms with Crippen molar-refractivity contribution < 1.29 is 24.2 Å². The highest BCUT2D eigenvalue weighted by molar-refractivity contribution is 6.64. The van der Waals surface area contributed by atoms with Crippen LogP contribution in [0.3, 0.4) is 0 Å². The van der Waals surface area contributed by atoms with Gasteiger partial charge in [-0.25, -0.2) is 0 Å². The molecule has 5 nitrogen and oxygen atoms in total. The minimum atomic E-state index is -0.965. The van der Waals surface area contributed by atoms with Crippen molar-refractivity contribution in [3.63, 3.8) is 0 Å². The number of ketones is 2. The molecule has 0 saturated carbocycles. The van der Waals surface area contributed by atoms with Crippen LogP contribution in [0.2, 0.25) is 0 Å². The summed E-state index contributed by atoms with van der Waals surface area (Å²) in [6, 6.07) is 3.00. The predicted octanol–water partition coefficient (Wildman–Crippen LogP) is 1.93. The second-order valence-corrected chi connectivity index (χ2v) is 3.92. The van der Waals surface area contributed by atoms with Gasteiger partial charge in [-0.15, -0.1) is 0 Å². The number of hydrogen-bond donors (Lipinski definition) is 1. The Morgan fingerprint density at radius 3 is 2.00 bits per heavy atom. The van der Waals surface area contributed by atoms with Crippen molar-refractivity contribution in [3.05, 3.63) is 28.3 Å². The minimum Gasteiger partial charge on any atom is -0.505 e. The van der Waals surface area contributed by atoms with Gasteiger partial charge in [0.15, 0.2) is 0 Å². The van der Waals surface area contributed by atoms with E-state index in [0.717, 1.165) is 0 Å². The maximum atomic E-state index is 11.9. The number of aliphatic hydroxyl groups excluding tert-OH is 1. The lowest BCUT2D eigenvalue weighted by molar-refractivity contribution is -0.111. The van der Waals surface area contributed by atoms with Crippen LogP contribution >= 0.6 is 11.6 Å². The number of rotatable bonds is 2. The molecule has 0 amide bonds. The van der Waals surface area contributed by atoms with Crippen molar-refractivity contribution in [2.24, 2.45) is 0 Å². The van der Waals surface area contributed by atoms with Crippen molar-refractivity contribution in [2.75, 3.05) is 14.2 Å². The first kappa shape index (κ1) is 12.4. The number of allylic oxidation sites excluding steroid dienone is 1. The molecule has 0 atom stereocenters. The highest BCUT2D eigenvalue weighted by atomic mass is 35.5. The summed E-state index contributed by atoms with van der Waals surface area (Å²) in [6.45, 7) is 0. The van der Waals surface area contributed by atoms with Crippen LogP contribution in [0.25, 0.3) is 5.76 Å². The molecule has 6 heteroatoms. The fourth-order valence-corrected chi connectivity index (χ4v) is 1.98. The minimum absolute atomic E-state index is 0.0382. The number of hydrogen-bond acceptors (Lipinski definition) is 5. The predicted molar refractivity (Wildman–Crippen MR) is 64.3 cm³/mol. The van der Waals surface area contributed by atoms with Gasteiger partial charge in [-0.1, -0.05) is 11.6 Å². The summed E-state index contributed by atoms with van der Waals surface area (Å²) in [5, 5.41) is 9.37. The van der Waals surface area contributed by atoms with Gasteiger partial charge >= 0.3 is 0 Å². The van der Waals surface area contributed by atoms with Gasteiger partial charge in [0.2, 0.25) is 11.6 Å². The molecule has 1 N–H and O–H groups in total. The third kappa shape index (κ3) is 1.55. The largest absolute Gasteiger partial charge is 0.505 e. The summed E-state index contributed by atoms with van der Waals surface area (Å²) >= 11 is 5.63. The van der Waals surface area contributed by atoms with Crippen molar-refractivity contribution in [2.45, 2.75) is 0 Å². The first-order chi connectivity index (χ1) is 8.52.